The van der Waals surface area contributed by atoms with Crippen LogP contribution in [0.4, 0.5) is 5.69 Å². The smallest absolute Gasteiger partial charge is 0.338 e. The molecule has 0 spiro atoms. The summed E-state index contributed by atoms with van der Waals surface area (Å²) in [5.41, 5.74) is 1.28. The Labute approximate surface area is 157 Å². The fraction of sp³-hybridized carbons (Fsp3) is 0.211. The van der Waals surface area contributed by atoms with E-state index in [1.54, 1.807) is 36.4 Å². The van der Waals surface area contributed by atoms with E-state index in [2.05, 4.69) is 5.32 Å². The van der Waals surface area contributed by atoms with Gasteiger partial charge in [0, 0.05) is 11.8 Å². The fourth-order valence-corrected chi connectivity index (χ4v) is 3.18. The van der Waals surface area contributed by atoms with E-state index in [9.17, 15) is 22.8 Å². The average molecular weight is 389 g/mol. The number of ether oxygens (including phenoxy) is 1. The molecule has 2 aromatic carbocycles. The van der Waals surface area contributed by atoms with E-state index < -0.39 is 28.3 Å². The van der Waals surface area contributed by atoms with Crippen LogP contribution in [0.2, 0.25) is 0 Å². The number of carbonyl (C=O) groups is 3. The molecule has 2 aromatic rings. The summed E-state index contributed by atoms with van der Waals surface area (Å²) in [6, 6.07) is 12.5. The molecule has 2 rings (SSSR count). The number of hydrogen-bond donors (Lipinski definition) is 1. The molecule has 0 aromatic heterocycles. The molecule has 0 radical (unpaired) electrons. The number of carbonyl (C=O) groups excluding carboxylic acids is 3. The number of benzene rings is 2. The molecule has 0 unspecified atom stereocenters. The second-order valence-corrected chi connectivity index (χ2v) is 8.14. The third-order valence-corrected chi connectivity index (χ3v) is 4.36. The largest absolute Gasteiger partial charge is 0.452 e. The summed E-state index contributed by atoms with van der Waals surface area (Å²) in [6.45, 7) is 0.843. The van der Waals surface area contributed by atoms with Gasteiger partial charge in [-0.05, 0) is 36.8 Å². The van der Waals surface area contributed by atoms with Crippen LogP contribution in [0.25, 0.3) is 0 Å². The van der Waals surface area contributed by atoms with Crippen molar-refractivity contribution >= 4 is 33.2 Å². The summed E-state index contributed by atoms with van der Waals surface area (Å²) in [5.74, 6) is -1.74. The van der Waals surface area contributed by atoms with Crippen LogP contribution in [0.5, 0.6) is 0 Å². The molecule has 7 nitrogen and oxygen atoms in total. The van der Waals surface area contributed by atoms with Crippen molar-refractivity contribution in [1.29, 1.82) is 0 Å². The van der Waals surface area contributed by atoms with Crippen molar-refractivity contribution < 1.29 is 27.5 Å². The number of anilines is 1. The zero-order valence-corrected chi connectivity index (χ0v) is 15.7. The van der Waals surface area contributed by atoms with Crippen LogP contribution in [0, 0.1) is 0 Å². The van der Waals surface area contributed by atoms with Crippen LogP contribution in [0.1, 0.15) is 33.2 Å². The molecule has 27 heavy (non-hydrogen) atoms. The summed E-state index contributed by atoms with van der Waals surface area (Å²) in [6.07, 6.45) is 1.10. The van der Waals surface area contributed by atoms with Gasteiger partial charge in [0.2, 0.25) is 0 Å². The van der Waals surface area contributed by atoms with Crippen molar-refractivity contribution in [2.45, 2.75) is 12.7 Å². The molecule has 0 saturated heterocycles. The lowest BCUT2D eigenvalue weighted by Crippen LogP contribution is -2.22. The van der Waals surface area contributed by atoms with Gasteiger partial charge in [-0.1, -0.05) is 24.3 Å². The van der Waals surface area contributed by atoms with Crippen LogP contribution in [0.3, 0.4) is 0 Å². The molecule has 0 aliphatic carbocycles. The Morgan fingerprint density at radius 1 is 1.04 bits per heavy atom. The van der Waals surface area contributed by atoms with Crippen molar-refractivity contribution in [3.8, 4) is 0 Å². The summed E-state index contributed by atoms with van der Waals surface area (Å²) in [4.78, 5) is 35.6. The van der Waals surface area contributed by atoms with Gasteiger partial charge in [0.15, 0.2) is 22.2 Å². The van der Waals surface area contributed by atoms with Gasteiger partial charge in [-0.25, -0.2) is 13.2 Å². The van der Waals surface area contributed by atoms with Gasteiger partial charge in [-0.3, -0.25) is 9.59 Å². The standard InChI is InChI=1S/C19H19NO6S/c1-13(21)16-8-3-4-9-17(16)20-18(22)11-26-19(23)15-7-5-6-14(10-15)12-27(2,24)25/h3-10H,11-12H2,1-2H3,(H,20,22). The van der Waals surface area contributed by atoms with Gasteiger partial charge in [0.05, 0.1) is 17.0 Å². The summed E-state index contributed by atoms with van der Waals surface area (Å²) in [7, 11) is -3.23. The number of amides is 1. The maximum atomic E-state index is 12.1. The highest BCUT2D eigenvalue weighted by Gasteiger charge is 2.14. The molecule has 0 fully saturated rings. The molecule has 0 aliphatic rings. The number of sulfone groups is 1. The van der Waals surface area contributed by atoms with E-state index in [0.29, 0.717) is 16.8 Å². The van der Waals surface area contributed by atoms with E-state index >= 15 is 0 Å². The summed E-state index contributed by atoms with van der Waals surface area (Å²) >= 11 is 0. The third kappa shape index (κ3) is 6.34. The van der Waals surface area contributed by atoms with E-state index in [4.69, 9.17) is 4.74 Å². The number of esters is 1. The second kappa shape index (κ2) is 8.59. The van der Waals surface area contributed by atoms with Crippen LogP contribution >= 0.6 is 0 Å². The Kier molecular flexibility index (Phi) is 6.46. The van der Waals surface area contributed by atoms with Crippen molar-refractivity contribution in [1.82, 2.24) is 0 Å². The molecule has 1 N–H and O–H groups in total. The number of hydrogen-bond acceptors (Lipinski definition) is 6. The van der Waals surface area contributed by atoms with Gasteiger partial charge in [0.25, 0.3) is 5.91 Å². The monoisotopic (exact) mass is 389 g/mol. The zero-order valence-electron chi connectivity index (χ0n) is 14.9. The van der Waals surface area contributed by atoms with Crippen LogP contribution in [-0.2, 0) is 25.1 Å². The molecule has 8 heteroatoms. The molecule has 0 aliphatic heterocycles. The van der Waals surface area contributed by atoms with Gasteiger partial charge >= 0.3 is 5.97 Å². The number of para-hydroxylation sites is 1. The quantitative estimate of drug-likeness (QED) is 0.575. The number of rotatable bonds is 7. The highest BCUT2D eigenvalue weighted by molar-refractivity contribution is 7.89. The van der Waals surface area contributed by atoms with Crippen LogP contribution in [-0.4, -0.2) is 38.9 Å². The minimum atomic E-state index is -3.23. The molecule has 0 bridgehead atoms. The maximum Gasteiger partial charge on any atom is 0.338 e. The van der Waals surface area contributed by atoms with Crippen LogP contribution < -0.4 is 5.32 Å². The summed E-state index contributed by atoms with van der Waals surface area (Å²) in [5, 5.41) is 2.52. The first-order chi connectivity index (χ1) is 12.7. The fourth-order valence-electron chi connectivity index (χ4n) is 2.39. The van der Waals surface area contributed by atoms with Gasteiger partial charge < -0.3 is 10.1 Å². The Bertz CT molecular complexity index is 981. The SMILES string of the molecule is CC(=O)c1ccccc1NC(=O)COC(=O)c1cccc(CS(C)(=O)=O)c1. The van der Waals surface area contributed by atoms with Gasteiger partial charge in [0.1, 0.15) is 0 Å². The molecule has 0 atom stereocenters. The molecule has 0 saturated carbocycles. The number of nitrogens with one attached hydrogen (secondary N) is 1. The predicted octanol–water partition coefficient (Wildman–Crippen LogP) is 2.23. The first-order valence-corrected chi connectivity index (χ1v) is 10.1. The lowest BCUT2D eigenvalue weighted by Gasteiger charge is -2.10. The first kappa shape index (κ1) is 20.3. The Hall–Kier alpha value is -3.00. The molecular weight excluding hydrogens is 370 g/mol. The van der Waals surface area contributed by atoms with Gasteiger partial charge in [-0.15, -0.1) is 0 Å². The minimum Gasteiger partial charge on any atom is -0.452 e. The highest BCUT2D eigenvalue weighted by Crippen LogP contribution is 2.15. The Balaban J connectivity index is 1.99. The van der Waals surface area contributed by atoms with E-state index in [1.807, 2.05) is 0 Å². The molecule has 0 heterocycles. The average Bonchev–Trinajstić information content (AvgIpc) is 2.58. The lowest BCUT2D eigenvalue weighted by atomic mass is 10.1. The molecule has 1 amide bonds. The summed E-state index contributed by atoms with van der Waals surface area (Å²) < 4.78 is 27.7. The highest BCUT2D eigenvalue weighted by atomic mass is 32.2. The number of Topliss-reactive ketones (excluding diaryl/α,β-unsaturated/α-hetero) is 1. The minimum absolute atomic E-state index is 0.146. The zero-order chi connectivity index (χ0) is 20.0. The van der Waals surface area contributed by atoms with Gasteiger partial charge in [-0.2, -0.15) is 0 Å². The van der Waals surface area contributed by atoms with E-state index in [-0.39, 0.29) is 17.1 Å². The van der Waals surface area contributed by atoms with Crippen molar-refractivity contribution in [2.75, 3.05) is 18.2 Å². The Morgan fingerprint density at radius 2 is 1.74 bits per heavy atom. The van der Waals surface area contributed by atoms with Crippen molar-refractivity contribution in [2.24, 2.45) is 0 Å². The maximum absolute atomic E-state index is 12.1. The van der Waals surface area contributed by atoms with Crippen molar-refractivity contribution in [3.63, 3.8) is 0 Å². The second-order valence-electron chi connectivity index (χ2n) is 6.00. The lowest BCUT2D eigenvalue weighted by molar-refractivity contribution is -0.119. The molecule has 142 valence electrons. The topological polar surface area (TPSA) is 107 Å². The van der Waals surface area contributed by atoms with Crippen molar-refractivity contribution in [3.05, 3.63) is 65.2 Å². The molecular formula is C19H19NO6S. The normalized spacial score (nSPS) is 10.9. The Morgan fingerprint density at radius 3 is 2.41 bits per heavy atom. The van der Waals surface area contributed by atoms with Crippen LogP contribution in [0.15, 0.2) is 48.5 Å². The third-order valence-electron chi connectivity index (χ3n) is 3.51. The first-order valence-electron chi connectivity index (χ1n) is 7.99. The number of ketones is 1. The predicted molar refractivity (Wildman–Crippen MR) is 100 cm³/mol. The van der Waals surface area contributed by atoms with E-state index in [1.165, 1.54) is 19.1 Å². The van der Waals surface area contributed by atoms with E-state index in [0.717, 1.165) is 6.26 Å².